The van der Waals surface area contributed by atoms with E-state index in [4.69, 9.17) is 5.73 Å². The van der Waals surface area contributed by atoms with E-state index in [1.807, 2.05) is 43.3 Å². The van der Waals surface area contributed by atoms with Crippen molar-refractivity contribution in [1.29, 1.82) is 0 Å². The van der Waals surface area contributed by atoms with E-state index in [0.29, 0.717) is 0 Å². The van der Waals surface area contributed by atoms with Gasteiger partial charge < -0.3 is 10.6 Å². The molecule has 0 unspecified atom stereocenters. The molecule has 0 bridgehead atoms. The van der Waals surface area contributed by atoms with Crippen molar-refractivity contribution in [2.45, 2.75) is 17.7 Å². The first-order chi connectivity index (χ1) is 10.3. The van der Waals surface area contributed by atoms with Crippen molar-refractivity contribution < 1.29 is 13.2 Å². The summed E-state index contributed by atoms with van der Waals surface area (Å²) in [6, 6.07) is 11.0. The van der Waals surface area contributed by atoms with Crippen LogP contribution in [0.4, 0.5) is 5.69 Å². The molecule has 5 nitrogen and oxygen atoms in total. The van der Waals surface area contributed by atoms with E-state index in [0.717, 1.165) is 16.5 Å². The number of carbonyl (C=O) groups is 1. The monoisotopic (exact) mass is 320 g/mol. The van der Waals surface area contributed by atoms with Crippen LogP contribution < -0.4 is 10.6 Å². The number of carbonyl (C=O) groups excluding carboxylic acids is 1. The van der Waals surface area contributed by atoms with Crippen LogP contribution >= 0.6 is 0 Å². The Kier molecular flexibility index (Phi) is 4.71. The molecule has 0 spiro atoms. The highest BCUT2D eigenvalue weighted by Crippen LogP contribution is 2.24. The van der Waals surface area contributed by atoms with Gasteiger partial charge in [-0.25, -0.2) is 8.42 Å². The molecule has 0 aliphatic carbocycles. The molecule has 0 saturated heterocycles. The standard InChI is InChI=1S/C16H20N2O3S/c1-18(2)14-7-5-13-11-15(8-6-12(13)10-14)22(20,21)9-3-4-16(17)19/h5-8,10-11H,3-4,9H2,1-2H3,(H2,17,19). The van der Waals surface area contributed by atoms with Crippen LogP contribution in [0.3, 0.4) is 0 Å². The number of anilines is 1. The molecule has 0 aliphatic rings. The minimum absolute atomic E-state index is 0.0722. The number of sulfone groups is 1. The Labute approximate surface area is 130 Å². The van der Waals surface area contributed by atoms with Gasteiger partial charge >= 0.3 is 0 Å². The second-order valence-electron chi connectivity index (χ2n) is 5.48. The highest BCUT2D eigenvalue weighted by molar-refractivity contribution is 7.91. The molecule has 1 amide bonds. The summed E-state index contributed by atoms with van der Waals surface area (Å²) in [6.45, 7) is 0. The lowest BCUT2D eigenvalue weighted by molar-refractivity contribution is -0.118. The second kappa shape index (κ2) is 6.36. The third kappa shape index (κ3) is 3.76. The number of hydrogen-bond donors (Lipinski definition) is 1. The van der Waals surface area contributed by atoms with Crippen LogP contribution in [0.1, 0.15) is 12.8 Å². The van der Waals surface area contributed by atoms with Crippen LogP contribution in [-0.4, -0.2) is 34.2 Å². The van der Waals surface area contributed by atoms with E-state index in [1.54, 1.807) is 12.1 Å². The maximum Gasteiger partial charge on any atom is 0.217 e. The van der Waals surface area contributed by atoms with Crippen LogP contribution in [0.5, 0.6) is 0 Å². The lowest BCUT2D eigenvalue weighted by Gasteiger charge is -2.13. The third-order valence-electron chi connectivity index (χ3n) is 3.51. The largest absolute Gasteiger partial charge is 0.378 e. The van der Waals surface area contributed by atoms with Crippen molar-refractivity contribution >= 4 is 32.2 Å². The SMILES string of the molecule is CN(C)c1ccc2cc(S(=O)(=O)CCCC(N)=O)ccc2c1. The molecule has 2 aromatic rings. The maximum absolute atomic E-state index is 12.3. The van der Waals surface area contributed by atoms with Crippen LogP contribution in [0.2, 0.25) is 0 Å². The van der Waals surface area contributed by atoms with Gasteiger partial charge in [-0.3, -0.25) is 4.79 Å². The molecule has 2 N–H and O–H groups in total. The van der Waals surface area contributed by atoms with E-state index in [9.17, 15) is 13.2 Å². The molecule has 2 aromatic carbocycles. The summed E-state index contributed by atoms with van der Waals surface area (Å²) < 4.78 is 24.5. The molecule has 0 heterocycles. The smallest absolute Gasteiger partial charge is 0.217 e. The number of hydrogen-bond acceptors (Lipinski definition) is 4. The molecule has 2 rings (SSSR count). The Hall–Kier alpha value is -2.08. The van der Waals surface area contributed by atoms with Crippen molar-refractivity contribution in [2.24, 2.45) is 5.73 Å². The highest BCUT2D eigenvalue weighted by Gasteiger charge is 2.15. The van der Waals surface area contributed by atoms with Crippen LogP contribution in [0, 0.1) is 0 Å². The summed E-state index contributed by atoms with van der Waals surface area (Å²) in [5.41, 5.74) is 6.10. The normalized spacial score (nSPS) is 11.5. The zero-order chi connectivity index (χ0) is 16.3. The molecular formula is C16H20N2O3S. The summed E-state index contributed by atoms with van der Waals surface area (Å²) in [7, 11) is 0.522. The van der Waals surface area contributed by atoms with E-state index in [-0.39, 0.29) is 23.5 Å². The van der Waals surface area contributed by atoms with Crippen LogP contribution in [0.25, 0.3) is 10.8 Å². The zero-order valence-electron chi connectivity index (χ0n) is 12.7. The van der Waals surface area contributed by atoms with Gasteiger partial charge in [-0.05, 0) is 41.5 Å². The van der Waals surface area contributed by atoms with Gasteiger partial charge in [-0.15, -0.1) is 0 Å². The topological polar surface area (TPSA) is 80.5 Å². The number of nitrogens with zero attached hydrogens (tertiary/aromatic N) is 1. The van der Waals surface area contributed by atoms with Gasteiger partial charge in [0, 0.05) is 26.2 Å². The lowest BCUT2D eigenvalue weighted by Crippen LogP contribution is -2.13. The van der Waals surface area contributed by atoms with E-state index in [1.165, 1.54) is 0 Å². The lowest BCUT2D eigenvalue weighted by atomic mass is 10.1. The van der Waals surface area contributed by atoms with Crippen molar-refractivity contribution in [3.63, 3.8) is 0 Å². The van der Waals surface area contributed by atoms with Gasteiger partial charge in [0.05, 0.1) is 10.6 Å². The average molecular weight is 320 g/mol. The Morgan fingerprint density at radius 3 is 2.36 bits per heavy atom. The van der Waals surface area contributed by atoms with Gasteiger partial charge in [0.1, 0.15) is 0 Å². The average Bonchev–Trinajstić information content (AvgIpc) is 2.45. The van der Waals surface area contributed by atoms with E-state index < -0.39 is 15.7 Å². The minimum atomic E-state index is -3.39. The van der Waals surface area contributed by atoms with Crippen LogP contribution in [-0.2, 0) is 14.6 Å². The van der Waals surface area contributed by atoms with Crippen LogP contribution in [0.15, 0.2) is 41.3 Å². The summed E-state index contributed by atoms with van der Waals surface area (Å²) in [5, 5.41) is 1.86. The summed E-state index contributed by atoms with van der Waals surface area (Å²) in [6.07, 6.45) is 0.328. The van der Waals surface area contributed by atoms with Crippen molar-refractivity contribution in [2.75, 3.05) is 24.7 Å². The first-order valence-electron chi connectivity index (χ1n) is 7.02. The molecule has 0 radical (unpaired) electrons. The number of rotatable bonds is 6. The number of amides is 1. The summed E-state index contributed by atoms with van der Waals surface area (Å²) in [5.74, 6) is -0.554. The van der Waals surface area contributed by atoms with Crippen molar-refractivity contribution in [1.82, 2.24) is 0 Å². The maximum atomic E-state index is 12.3. The van der Waals surface area contributed by atoms with Gasteiger partial charge in [0.15, 0.2) is 9.84 Å². The molecule has 0 saturated carbocycles. The Balaban J connectivity index is 2.29. The zero-order valence-corrected chi connectivity index (χ0v) is 13.6. The molecule has 0 fully saturated rings. The number of nitrogens with two attached hydrogens (primary N) is 1. The van der Waals surface area contributed by atoms with Gasteiger partial charge in [-0.1, -0.05) is 12.1 Å². The van der Waals surface area contributed by atoms with E-state index >= 15 is 0 Å². The van der Waals surface area contributed by atoms with E-state index in [2.05, 4.69) is 0 Å². The second-order valence-corrected chi connectivity index (χ2v) is 7.59. The molecule has 22 heavy (non-hydrogen) atoms. The quantitative estimate of drug-likeness (QED) is 0.882. The van der Waals surface area contributed by atoms with Gasteiger partial charge in [0.2, 0.25) is 5.91 Å². The van der Waals surface area contributed by atoms with Crippen molar-refractivity contribution in [3.05, 3.63) is 36.4 Å². The first kappa shape index (κ1) is 16.3. The molecule has 0 atom stereocenters. The minimum Gasteiger partial charge on any atom is -0.378 e. The van der Waals surface area contributed by atoms with Gasteiger partial charge in [-0.2, -0.15) is 0 Å². The fourth-order valence-corrected chi connectivity index (χ4v) is 3.58. The number of fused-ring (bicyclic) bond motifs is 1. The molecule has 118 valence electrons. The fourth-order valence-electron chi connectivity index (χ4n) is 2.24. The Morgan fingerprint density at radius 2 is 1.73 bits per heavy atom. The molecule has 6 heteroatoms. The first-order valence-corrected chi connectivity index (χ1v) is 8.67. The molecular weight excluding hydrogens is 300 g/mol. The Morgan fingerprint density at radius 1 is 1.09 bits per heavy atom. The number of benzene rings is 2. The molecule has 0 aromatic heterocycles. The third-order valence-corrected chi connectivity index (χ3v) is 5.31. The molecule has 0 aliphatic heterocycles. The Bertz CT molecular complexity index is 798. The predicted molar refractivity (Wildman–Crippen MR) is 88.8 cm³/mol. The van der Waals surface area contributed by atoms with Crippen molar-refractivity contribution in [3.8, 4) is 0 Å². The fraction of sp³-hybridized carbons (Fsp3) is 0.312. The summed E-state index contributed by atoms with van der Waals surface area (Å²) in [4.78, 5) is 13.0. The number of primary amides is 1. The van der Waals surface area contributed by atoms with Gasteiger partial charge in [0.25, 0.3) is 0 Å². The highest BCUT2D eigenvalue weighted by atomic mass is 32.2. The summed E-state index contributed by atoms with van der Waals surface area (Å²) >= 11 is 0. The predicted octanol–water partition coefficient (Wildman–Crippen LogP) is 1.94.